The van der Waals surface area contributed by atoms with Crippen LogP contribution < -0.4 is 15.4 Å². The van der Waals surface area contributed by atoms with Crippen LogP contribution in [0.2, 0.25) is 0 Å². The Balaban J connectivity index is 1.68. The number of urea groups is 1. The number of hydrogen-bond donors (Lipinski definition) is 2. The summed E-state index contributed by atoms with van der Waals surface area (Å²) in [5, 5.41) is 5.93. The van der Waals surface area contributed by atoms with Gasteiger partial charge in [-0.2, -0.15) is 0 Å². The monoisotopic (exact) mass is 330 g/mol. The topological polar surface area (TPSA) is 68.2 Å². The fourth-order valence-corrected chi connectivity index (χ4v) is 2.49. The molecule has 24 heavy (non-hydrogen) atoms. The molecular formula is C18H26N4O2. The summed E-state index contributed by atoms with van der Waals surface area (Å²) in [5.41, 5.74) is 1.23. The van der Waals surface area contributed by atoms with Gasteiger partial charge in [0.1, 0.15) is 5.75 Å². The van der Waals surface area contributed by atoms with E-state index in [0.717, 1.165) is 18.6 Å². The number of nitrogens with one attached hydrogen (secondary N) is 2. The van der Waals surface area contributed by atoms with Crippen molar-refractivity contribution in [1.82, 2.24) is 20.2 Å². The molecule has 6 nitrogen and oxygen atoms in total. The number of carbonyl (C=O) groups is 1. The molecular weight excluding hydrogens is 304 g/mol. The number of aryl methyl sites for hydroxylation is 1. The smallest absolute Gasteiger partial charge is 0.315 e. The fraction of sp³-hybridized carbons (Fsp3) is 0.444. The molecule has 0 fully saturated rings. The van der Waals surface area contributed by atoms with Crippen molar-refractivity contribution in [2.45, 2.75) is 45.3 Å². The average molecular weight is 330 g/mol. The number of aromatic nitrogens is 2. The molecule has 0 spiro atoms. The molecule has 1 aromatic heterocycles. The molecule has 0 saturated carbocycles. The third kappa shape index (κ3) is 5.95. The average Bonchev–Trinajstić information content (AvgIpc) is 3.06. The van der Waals surface area contributed by atoms with Crippen molar-refractivity contribution in [1.29, 1.82) is 0 Å². The Morgan fingerprint density at radius 1 is 1.21 bits per heavy atom. The van der Waals surface area contributed by atoms with E-state index in [9.17, 15) is 4.79 Å². The molecule has 2 rings (SSSR count). The largest absolute Gasteiger partial charge is 0.497 e. The summed E-state index contributed by atoms with van der Waals surface area (Å²) in [6.45, 7) is 4.69. The second-order valence-corrected chi connectivity index (χ2v) is 6.07. The van der Waals surface area contributed by atoms with E-state index in [-0.39, 0.29) is 18.1 Å². The summed E-state index contributed by atoms with van der Waals surface area (Å²) in [4.78, 5) is 16.0. The summed E-state index contributed by atoms with van der Waals surface area (Å²) in [6.07, 6.45) is 7.15. The number of amides is 2. The summed E-state index contributed by atoms with van der Waals surface area (Å²) in [7, 11) is 1.66. The highest BCUT2D eigenvalue weighted by molar-refractivity contribution is 5.74. The van der Waals surface area contributed by atoms with Crippen molar-refractivity contribution in [3.05, 3.63) is 48.5 Å². The Morgan fingerprint density at radius 3 is 2.54 bits per heavy atom. The predicted octanol–water partition coefficient (Wildman–Crippen LogP) is 2.60. The second kappa shape index (κ2) is 8.96. The van der Waals surface area contributed by atoms with Crippen molar-refractivity contribution in [3.63, 3.8) is 0 Å². The van der Waals surface area contributed by atoms with Gasteiger partial charge in [-0.15, -0.1) is 0 Å². The molecule has 0 aliphatic heterocycles. The molecule has 2 atom stereocenters. The maximum Gasteiger partial charge on any atom is 0.315 e. The maximum absolute atomic E-state index is 12.0. The number of nitrogens with zero attached hydrogens (tertiary/aromatic N) is 2. The van der Waals surface area contributed by atoms with E-state index >= 15 is 0 Å². The molecule has 1 aromatic carbocycles. The summed E-state index contributed by atoms with van der Waals surface area (Å²) < 4.78 is 7.09. The first-order chi connectivity index (χ1) is 11.6. The van der Waals surface area contributed by atoms with Gasteiger partial charge in [-0.1, -0.05) is 12.1 Å². The molecule has 2 amide bonds. The van der Waals surface area contributed by atoms with Crippen LogP contribution in [0.3, 0.4) is 0 Å². The summed E-state index contributed by atoms with van der Waals surface area (Å²) in [6, 6.07) is 8.03. The fourth-order valence-electron chi connectivity index (χ4n) is 2.49. The van der Waals surface area contributed by atoms with Crippen LogP contribution in [0.25, 0.3) is 0 Å². The Hall–Kier alpha value is -2.50. The van der Waals surface area contributed by atoms with E-state index in [1.54, 1.807) is 19.6 Å². The number of ether oxygens (including phenoxy) is 1. The van der Waals surface area contributed by atoms with Crippen molar-refractivity contribution >= 4 is 6.03 Å². The Labute approximate surface area is 143 Å². The SMILES string of the molecule is COc1ccc(CC[C@H](C)NC(=O)N[C@@H](C)Cn2ccnc2)cc1. The van der Waals surface area contributed by atoms with Crippen LogP contribution in [0.4, 0.5) is 4.79 Å². The Kier molecular flexibility index (Phi) is 6.66. The lowest BCUT2D eigenvalue weighted by Gasteiger charge is -2.18. The number of benzene rings is 1. The van der Waals surface area contributed by atoms with E-state index in [4.69, 9.17) is 4.74 Å². The van der Waals surface area contributed by atoms with Crippen LogP contribution in [0.5, 0.6) is 5.75 Å². The molecule has 0 unspecified atom stereocenters. The first-order valence-electron chi connectivity index (χ1n) is 8.22. The molecule has 6 heteroatoms. The minimum Gasteiger partial charge on any atom is -0.497 e. The van der Waals surface area contributed by atoms with E-state index in [0.29, 0.717) is 6.54 Å². The van der Waals surface area contributed by atoms with E-state index < -0.39 is 0 Å². The third-order valence-corrected chi connectivity index (χ3v) is 3.82. The highest BCUT2D eigenvalue weighted by atomic mass is 16.5. The van der Waals surface area contributed by atoms with Crippen LogP contribution in [-0.2, 0) is 13.0 Å². The van der Waals surface area contributed by atoms with Gasteiger partial charge in [0, 0.05) is 31.0 Å². The quantitative estimate of drug-likeness (QED) is 0.782. The number of rotatable bonds is 8. The highest BCUT2D eigenvalue weighted by Crippen LogP contribution is 2.13. The van der Waals surface area contributed by atoms with E-state index in [1.807, 2.05) is 36.7 Å². The highest BCUT2D eigenvalue weighted by Gasteiger charge is 2.11. The van der Waals surface area contributed by atoms with Gasteiger partial charge in [-0.3, -0.25) is 0 Å². The number of hydrogen-bond acceptors (Lipinski definition) is 3. The van der Waals surface area contributed by atoms with Gasteiger partial charge in [0.2, 0.25) is 0 Å². The van der Waals surface area contributed by atoms with Crippen LogP contribution >= 0.6 is 0 Å². The molecule has 0 radical (unpaired) electrons. The zero-order chi connectivity index (χ0) is 17.4. The van der Waals surface area contributed by atoms with Gasteiger partial charge < -0.3 is 19.9 Å². The lowest BCUT2D eigenvalue weighted by molar-refractivity contribution is 0.233. The van der Waals surface area contributed by atoms with Gasteiger partial charge in [0.25, 0.3) is 0 Å². The van der Waals surface area contributed by atoms with Crippen LogP contribution in [0.15, 0.2) is 43.0 Å². The Bertz CT molecular complexity index is 610. The first-order valence-corrected chi connectivity index (χ1v) is 8.22. The molecule has 130 valence electrons. The van der Waals surface area contributed by atoms with Gasteiger partial charge >= 0.3 is 6.03 Å². The van der Waals surface area contributed by atoms with Crippen molar-refractivity contribution < 1.29 is 9.53 Å². The van der Waals surface area contributed by atoms with E-state index in [1.165, 1.54) is 5.56 Å². The second-order valence-electron chi connectivity index (χ2n) is 6.07. The molecule has 0 aliphatic rings. The van der Waals surface area contributed by atoms with Crippen molar-refractivity contribution in [3.8, 4) is 5.75 Å². The zero-order valence-corrected chi connectivity index (χ0v) is 14.5. The minimum absolute atomic E-state index is 0.0352. The first kappa shape index (κ1) is 17.8. The molecule has 0 saturated heterocycles. The lowest BCUT2D eigenvalue weighted by Crippen LogP contribution is -2.45. The predicted molar refractivity (Wildman–Crippen MR) is 94.1 cm³/mol. The van der Waals surface area contributed by atoms with Crippen molar-refractivity contribution in [2.75, 3.05) is 7.11 Å². The molecule has 1 heterocycles. The molecule has 2 aromatic rings. The third-order valence-electron chi connectivity index (χ3n) is 3.82. The van der Waals surface area contributed by atoms with Gasteiger partial charge in [0.15, 0.2) is 0 Å². The Morgan fingerprint density at radius 2 is 1.92 bits per heavy atom. The number of carbonyl (C=O) groups excluding carboxylic acids is 1. The normalized spacial score (nSPS) is 13.1. The van der Waals surface area contributed by atoms with E-state index in [2.05, 4.69) is 27.8 Å². The summed E-state index contributed by atoms with van der Waals surface area (Å²) >= 11 is 0. The zero-order valence-electron chi connectivity index (χ0n) is 14.5. The van der Waals surface area contributed by atoms with Crippen LogP contribution in [-0.4, -0.2) is 34.8 Å². The van der Waals surface area contributed by atoms with Gasteiger partial charge in [-0.25, -0.2) is 9.78 Å². The molecule has 0 aliphatic carbocycles. The maximum atomic E-state index is 12.0. The van der Waals surface area contributed by atoms with Gasteiger partial charge in [-0.05, 0) is 44.4 Å². The van der Waals surface area contributed by atoms with Crippen molar-refractivity contribution in [2.24, 2.45) is 0 Å². The minimum atomic E-state index is -0.134. The molecule has 2 N–H and O–H groups in total. The summed E-state index contributed by atoms with van der Waals surface area (Å²) in [5.74, 6) is 0.858. The van der Waals surface area contributed by atoms with Crippen LogP contribution in [0, 0.1) is 0 Å². The lowest BCUT2D eigenvalue weighted by atomic mass is 10.1. The molecule has 0 bridgehead atoms. The van der Waals surface area contributed by atoms with Gasteiger partial charge in [0.05, 0.1) is 13.4 Å². The van der Waals surface area contributed by atoms with Crippen LogP contribution in [0.1, 0.15) is 25.8 Å². The number of imidazole rings is 1. The number of methoxy groups -OCH3 is 1. The standard InChI is InChI=1S/C18H26N4O2/c1-14(4-5-16-6-8-17(24-3)9-7-16)20-18(23)21-15(2)12-22-11-10-19-13-22/h6-11,13-15H,4-5,12H2,1-3H3,(H2,20,21,23)/t14-,15-/m0/s1.